The summed E-state index contributed by atoms with van der Waals surface area (Å²) in [5, 5.41) is 9.31. The molecule has 24 heavy (non-hydrogen) atoms. The Bertz CT molecular complexity index is 1040. The van der Waals surface area contributed by atoms with Crippen LogP contribution in [0.2, 0.25) is 0 Å². The van der Waals surface area contributed by atoms with Crippen LogP contribution in [0.3, 0.4) is 0 Å². The zero-order valence-corrected chi connectivity index (χ0v) is 12.4. The van der Waals surface area contributed by atoms with Crippen LogP contribution in [-0.2, 0) is 0 Å². The second-order valence-corrected chi connectivity index (χ2v) is 6.07. The molecule has 0 fully saturated rings. The Morgan fingerprint density at radius 2 is 1.08 bits per heavy atom. The fraction of sp³-hybridized carbons (Fsp3) is 0. The molecule has 0 aromatic heterocycles. The quantitative estimate of drug-likeness (QED) is 0.404. The summed E-state index contributed by atoms with van der Waals surface area (Å²) in [5.41, 5.74) is 3.55. The van der Waals surface area contributed by atoms with Crippen LogP contribution in [0.1, 0.15) is 5.56 Å². The second-order valence-electron chi connectivity index (χ2n) is 6.07. The van der Waals surface area contributed by atoms with Gasteiger partial charge in [0.05, 0.1) is 11.6 Å². The van der Waals surface area contributed by atoms with E-state index in [0.717, 1.165) is 39.4 Å². The monoisotopic (exact) mass is 309 g/mol. The van der Waals surface area contributed by atoms with Crippen molar-refractivity contribution in [3.8, 4) is 40.6 Å². The van der Waals surface area contributed by atoms with Crippen LogP contribution < -0.4 is 30.6 Å². The molecule has 0 bridgehead atoms. The minimum absolute atomic E-state index is 0.0105. The fourth-order valence-corrected chi connectivity index (χ4v) is 3.88. The van der Waals surface area contributed by atoms with Crippen molar-refractivity contribution in [3.05, 3.63) is 54.1 Å². The summed E-state index contributed by atoms with van der Waals surface area (Å²) in [7, 11) is 0. The van der Waals surface area contributed by atoms with Gasteiger partial charge in [0.15, 0.2) is 0 Å². The third-order valence-corrected chi connectivity index (χ3v) is 4.81. The highest BCUT2D eigenvalue weighted by atomic mass is 16.5. The SMILES string of the molecule is N#Cc1cc2c3c(c1)Oc1cccc4c1B3c1c(cccc1O2)O4. The van der Waals surface area contributed by atoms with Crippen molar-refractivity contribution in [3.63, 3.8) is 0 Å². The van der Waals surface area contributed by atoms with Gasteiger partial charge >= 0.3 is 0 Å². The largest absolute Gasteiger partial charge is 0.458 e. The molecule has 110 valence electrons. The van der Waals surface area contributed by atoms with E-state index >= 15 is 0 Å². The van der Waals surface area contributed by atoms with E-state index in [2.05, 4.69) is 6.07 Å². The van der Waals surface area contributed by atoms with Crippen molar-refractivity contribution in [2.45, 2.75) is 0 Å². The highest BCUT2D eigenvalue weighted by Crippen LogP contribution is 2.41. The van der Waals surface area contributed by atoms with Gasteiger partial charge in [-0.1, -0.05) is 12.1 Å². The van der Waals surface area contributed by atoms with Crippen LogP contribution in [0.15, 0.2) is 48.5 Å². The van der Waals surface area contributed by atoms with Gasteiger partial charge in [-0.2, -0.15) is 5.26 Å². The number of hydrogen-bond donors (Lipinski definition) is 0. The lowest BCUT2D eigenvalue weighted by molar-refractivity contribution is 0.442. The molecule has 3 heterocycles. The fourth-order valence-electron chi connectivity index (χ4n) is 3.88. The standard InChI is InChI=1S/C19H8BNO3/c21-9-10-7-15-19-16(8-10)24-14-6-2-4-12-18(14)20(19)17-11(22-12)3-1-5-13(17)23-15/h1-8H. The number of nitriles is 1. The summed E-state index contributed by atoms with van der Waals surface area (Å²) in [6, 6.07) is 17.4. The average molecular weight is 309 g/mol. The first-order chi connectivity index (χ1) is 11.8. The first kappa shape index (κ1) is 12.1. The molecule has 3 aromatic carbocycles. The molecule has 0 unspecified atom stereocenters. The van der Waals surface area contributed by atoms with Gasteiger partial charge in [0.1, 0.15) is 34.5 Å². The van der Waals surface area contributed by atoms with Gasteiger partial charge < -0.3 is 14.2 Å². The summed E-state index contributed by atoms with van der Waals surface area (Å²) in [6.45, 7) is 0.0105. The summed E-state index contributed by atoms with van der Waals surface area (Å²) < 4.78 is 18.2. The number of rotatable bonds is 0. The average Bonchev–Trinajstić information content (AvgIpc) is 2.61. The number of benzene rings is 3. The van der Waals surface area contributed by atoms with Gasteiger partial charge in [-0.15, -0.1) is 0 Å². The van der Waals surface area contributed by atoms with Crippen molar-refractivity contribution >= 4 is 23.1 Å². The topological polar surface area (TPSA) is 51.5 Å². The Morgan fingerprint density at radius 3 is 1.54 bits per heavy atom. The Hall–Kier alpha value is -3.39. The smallest absolute Gasteiger partial charge is 0.270 e. The maximum Gasteiger partial charge on any atom is 0.270 e. The van der Waals surface area contributed by atoms with E-state index in [1.807, 2.05) is 36.4 Å². The van der Waals surface area contributed by atoms with Crippen LogP contribution in [0.5, 0.6) is 34.5 Å². The number of nitrogens with zero attached hydrogens (tertiary/aromatic N) is 1. The van der Waals surface area contributed by atoms with Gasteiger partial charge in [-0.25, -0.2) is 0 Å². The normalized spacial score (nSPS) is 13.9. The zero-order valence-electron chi connectivity index (χ0n) is 12.4. The minimum Gasteiger partial charge on any atom is -0.458 e. The van der Waals surface area contributed by atoms with E-state index in [1.54, 1.807) is 12.1 Å². The lowest BCUT2D eigenvalue weighted by atomic mass is 9.34. The van der Waals surface area contributed by atoms with Gasteiger partial charge in [0.25, 0.3) is 6.71 Å². The lowest BCUT2D eigenvalue weighted by Crippen LogP contribution is -2.59. The molecule has 3 aromatic rings. The molecule has 0 spiro atoms. The Labute approximate surface area is 137 Å². The summed E-state index contributed by atoms with van der Waals surface area (Å²) in [6.07, 6.45) is 0. The van der Waals surface area contributed by atoms with Crippen molar-refractivity contribution < 1.29 is 14.2 Å². The summed E-state index contributed by atoms with van der Waals surface area (Å²) in [5.74, 6) is 4.53. The van der Waals surface area contributed by atoms with Gasteiger partial charge in [0.2, 0.25) is 0 Å². The third-order valence-electron chi connectivity index (χ3n) is 4.81. The summed E-state index contributed by atoms with van der Waals surface area (Å²) in [4.78, 5) is 0. The molecular formula is C19H8BNO3. The highest BCUT2D eigenvalue weighted by Gasteiger charge is 2.46. The molecule has 0 saturated heterocycles. The van der Waals surface area contributed by atoms with Crippen LogP contribution in [0, 0.1) is 11.3 Å². The van der Waals surface area contributed by atoms with Crippen molar-refractivity contribution in [2.75, 3.05) is 0 Å². The van der Waals surface area contributed by atoms with Crippen LogP contribution >= 0.6 is 0 Å². The summed E-state index contributed by atoms with van der Waals surface area (Å²) >= 11 is 0. The van der Waals surface area contributed by atoms with E-state index < -0.39 is 0 Å². The lowest BCUT2D eigenvalue weighted by Gasteiger charge is -2.37. The Kier molecular flexibility index (Phi) is 1.98. The van der Waals surface area contributed by atoms with Crippen molar-refractivity contribution in [1.82, 2.24) is 0 Å². The van der Waals surface area contributed by atoms with Gasteiger partial charge in [0, 0.05) is 16.4 Å². The maximum atomic E-state index is 9.31. The van der Waals surface area contributed by atoms with E-state index in [1.165, 1.54) is 0 Å². The molecule has 0 saturated carbocycles. The zero-order chi connectivity index (χ0) is 15.8. The number of ether oxygens (including phenoxy) is 3. The van der Waals surface area contributed by atoms with E-state index in [9.17, 15) is 5.26 Å². The number of hydrogen-bond acceptors (Lipinski definition) is 4. The van der Waals surface area contributed by atoms with Gasteiger partial charge in [-0.3, -0.25) is 0 Å². The van der Waals surface area contributed by atoms with Gasteiger partial charge in [-0.05, 0) is 36.4 Å². The van der Waals surface area contributed by atoms with Crippen LogP contribution in [0.25, 0.3) is 0 Å². The Morgan fingerprint density at radius 1 is 0.667 bits per heavy atom. The van der Waals surface area contributed by atoms with Crippen molar-refractivity contribution in [2.24, 2.45) is 0 Å². The minimum atomic E-state index is 0.0105. The molecule has 0 aliphatic carbocycles. The molecule has 0 amide bonds. The maximum absolute atomic E-state index is 9.31. The molecule has 5 heteroatoms. The molecule has 4 nitrogen and oxygen atoms in total. The molecule has 0 N–H and O–H groups in total. The molecule has 3 aliphatic heterocycles. The predicted molar refractivity (Wildman–Crippen MR) is 88.9 cm³/mol. The highest BCUT2D eigenvalue weighted by molar-refractivity contribution is 6.99. The van der Waals surface area contributed by atoms with E-state index in [-0.39, 0.29) is 6.71 Å². The van der Waals surface area contributed by atoms with Crippen LogP contribution in [-0.4, -0.2) is 6.71 Å². The third kappa shape index (κ3) is 1.30. The first-order valence-electron chi connectivity index (χ1n) is 7.71. The van der Waals surface area contributed by atoms with E-state index in [0.29, 0.717) is 17.1 Å². The second kappa shape index (κ2) is 3.92. The molecule has 3 aliphatic rings. The van der Waals surface area contributed by atoms with Crippen LogP contribution in [0.4, 0.5) is 0 Å². The molecular weight excluding hydrogens is 301 g/mol. The van der Waals surface area contributed by atoms with E-state index in [4.69, 9.17) is 14.2 Å². The molecule has 0 radical (unpaired) electrons. The van der Waals surface area contributed by atoms with Crippen molar-refractivity contribution in [1.29, 1.82) is 5.26 Å². The first-order valence-corrected chi connectivity index (χ1v) is 7.71. The predicted octanol–water partition coefficient (Wildman–Crippen LogP) is 2.39. The molecule has 6 rings (SSSR count). The molecule has 0 atom stereocenters. The Balaban J connectivity index is 1.77.